The van der Waals surface area contributed by atoms with Gasteiger partial charge in [0.25, 0.3) is 0 Å². The third-order valence-electron chi connectivity index (χ3n) is 4.35. The van der Waals surface area contributed by atoms with Crippen LogP contribution in [0.2, 0.25) is 0 Å². The number of hydrogen-bond donors (Lipinski definition) is 1. The standard InChI is InChI=1S/C16H21N3O2S/c1-16(2)12(19-13(20)11(17)15(19)22-16)14(21)18(3)9-10-7-5-4-6-8-10/h4-8,11-12,15H,9,17H2,1-3H3/t11?,12?,15-/m0/s1. The summed E-state index contributed by atoms with van der Waals surface area (Å²) >= 11 is 1.62. The lowest BCUT2D eigenvalue weighted by molar-refractivity contribution is -0.155. The minimum Gasteiger partial charge on any atom is -0.340 e. The second-order valence-electron chi connectivity index (χ2n) is 6.47. The number of β-lactam (4-membered cyclic amide) rings is 1. The average molecular weight is 319 g/mol. The summed E-state index contributed by atoms with van der Waals surface area (Å²) in [7, 11) is 1.79. The van der Waals surface area contributed by atoms with E-state index in [1.807, 2.05) is 44.2 Å². The number of thioether (sulfide) groups is 1. The van der Waals surface area contributed by atoms with E-state index in [-0.39, 0.29) is 21.9 Å². The normalized spacial score (nSPS) is 29.0. The van der Waals surface area contributed by atoms with Crippen molar-refractivity contribution in [2.45, 2.75) is 42.6 Å². The summed E-state index contributed by atoms with van der Waals surface area (Å²) in [5, 5.41) is -0.0680. The van der Waals surface area contributed by atoms with Gasteiger partial charge in [-0.2, -0.15) is 0 Å². The Morgan fingerprint density at radius 3 is 2.64 bits per heavy atom. The zero-order valence-corrected chi connectivity index (χ0v) is 13.8. The molecule has 118 valence electrons. The van der Waals surface area contributed by atoms with Crippen LogP contribution in [0.1, 0.15) is 19.4 Å². The van der Waals surface area contributed by atoms with Crippen LogP contribution in [0.4, 0.5) is 0 Å². The van der Waals surface area contributed by atoms with Crippen LogP contribution in [-0.2, 0) is 16.1 Å². The third-order valence-corrected chi connectivity index (χ3v) is 5.95. The maximum absolute atomic E-state index is 12.9. The Morgan fingerprint density at radius 2 is 2.00 bits per heavy atom. The first kappa shape index (κ1) is 15.4. The van der Waals surface area contributed by atoms with Crippen LogP contribution >= 0.6 is 11.8 Å². The molecule has 0 aromatic heterocycles. The number of carbonyl (C=O) groups is 2. The largest absolute Gasteiger partial charge is 0.340 e. The van der Waals surface area contributed by atoms with Gasteiger partial charge >= 0.3 is 0 Å². The van der Waals surface area contributed by atoms with E-state index in [0.29, 0.717) is 6.54 Å². The molecule has 3 rings (SSSR count). The molecule has 6 heteroatoms. The van der Waals surface area contributed by atoms with Crippen molar-refractivity contribution >= 4 is 23.6 Å². The molecule has 1 aromatic carbocycles. The second kappa shape index (κ2) is 5.28. The molecule has 2 aliphatic rings. The Balaban J connectivity index is 1.77. The lowest BCUT2D eigenvalue weighted by Gasteiger charge is -2.43. The van der Waals surface area contributed by atoms with Gasteiger partial charge in [-0.05, 0) is 19.4 Å². The van der Waals surface area contributed by atoms with Gasteiger partial charge in [0.2, 0.25) is 11.8 Å². The highest BCUT2D eigenvalue weighted by Crippen LogP contribution is 2.50. The van der Waals surface area contributed by atoms with Gasteiger partial charge in [-0.15, -0.1) is 11.8 Å². The number of nitrogens with two attached hydrogens (primary N) is 1. The first-order valence-corrected chi connectivity index (χ1v) is 8.25. The molecule has 3 atom stereocenters. The van der Waals surface area contributed by atoms with E-state index in [4.69, 9.17) is 5.73 Å². The fourth-order valence-corrected chi connectivity index (χ4v) is 4.75. The van der Waals surface area contributed by atoms with Crippen molar-refractivity contribution in [3.63, 3.8) is 0 Å². The third kappa shape index (κ3) is 2.30. The highest BCUT2D eigenvalue weighted by Gasteiger charge is 2.62. The molecule has 0 aliphatic carbocycles. The van der Waals surface area contributed by atoms with Crippen molar-refractivity contribution in [1.82, 2.24) is 9.80 Å². The van der Waals surface area contributed by atoms with Crippen molar-refractivity contribution in [2.24, 2.45) is 5.73 Å². The first-order valence-electron chi connectivity index (χ1n) is 7.37. The molecule has 2 aliphatic heterocycles. The molecule has 0 radical (unpaired) electrons. The summed E-state index contributed by atoms with van der Waals surface area (Å²) < 4.78 is -0.323. The monoisotopic (exact) mass is 319 g/mol. The van der Waals surface area contributed by atoms with Gasteiger partial charge in [-0.25, -0.2) is 0 Å². The lowest BCUT2D eigenvalue weighted by atomic mass is 9.95. The fraction of sp³-hybridized carbons (Fsp3) is 0.500. The number of likely N-dealkylation sites (N-methyl/N-ethyl adjacent to an activating group) is 1. The van der Waals surface area contributed by atoms with E-state index in [0.717, 1.165) is 5.56 Å². The molecule has 1 aromatic rings. The van der Waals surface area contributed by atoms with Gasteiger partial charge in [-0.3, -0.25) is 9.59 Å². The summed E-state index contributed by atoms with van der Waals surface area (Å²) in [6.45, 7) is 4.56. The molecule has 2 fully saturated rings. The van der Waals surface area contributed by atoms with Crippen LogP contribution in [0, 0.1) is 0 Å². The maximum atomic E-state index is 12.9. The predicted octanol–water partition coefficient (Wildman–Crippen LogP) is 1.03. The van der Waals surface area contributed by atoms with E-state index in [9.17, 15) is 9.59 Å². The predicted molar refractivity (Wildman–Crippen MR) is 87.0 cm³/mol. The molecule has 2 saturated heterocycles. The SMILES string of the molecule is CN(Cc1ccccc1)C(=O)C1N2C(=O)C(N)[C@@H]2SC1(C)C. The van der Waals surface area contributed by atoms with Crippen molar-refractivity contribution < 1.29 is 9.59 Å². The lowest BCUT2D eigenvalue weighted by Crippen LogP contribution is -2.69. The number of hydrogen-bond acceptors (Lipinski definition) is 4. The van der Waals surface area contributed by atoms with Crippen molar-refractivity contribution in [3.8, 4) is 0 Å². The summed E-state index contributed by atoms with van der Waals surface area (Å²) in [4.78, 5) is 28.3. The van der Waals surface area contributed by atoms with Crippen LogP contribution in [0.25, 0.3) is 0 Å². The Kier molecular flexibility index (Phi) is 3.69. The van der Waals surface area contributed by atoms with Crippen LogP contribution in [0.5, 0.6) is 0 Å². The van der Waals surface area contributed by atoms with Crippen molar-refractivity contribution in [2.75, 3.05) is 7.05 Å². The van der Waals surface area contributed by atoms with Gasteiger partial charge in [0.05, 0.1) is 0 Å². The molecular formula is C16H21N3O2S. The number of amides is 2. The zero-order chi connectivity index (χ0) is 16.1. The van der Waals surface area contributed by atoms with Gasteiger partial charge in [0, 0.05) is 18.3 Å². The highest BCUT2D eigenvalue weighted by atomic mass is 32.2. The molecule has 2 N–H and O–H groups in total. The number of fused-ring (bicyclic) bond motifs is 1. The number of rotatable bonds is 3. The van der Waals surface area contributed by atoms with Gasteiger partial charge in [0.1, 0.15) is 17.5 Å². The molecule has 0 spiro atoms. The van der Waals surface area contributed by atoms with Crippen molar-refractivity contribution in [3.05, 3.63) is 35.9 Å². The minimum absolute atomic E-state index is 0.0240. The fourth-order valence-electron chi connectivity index (χ4n) is 3.19. The Hall–Kier alpha value is -1.53. The highest BCUT2D eigenvalue weighted by molar-refractivity contribution is 8.01. The molecule has 2 heterocycles. The number of carbonyl (C=O) groups excluding carboxylic acids is 2. The van der Waals surface area contributed by atoms with E-state index >= 15 is 0 Å². The van der Waals surface area contributed by atoms with E-state index in [1.54, 1.807) is 28.6 Å². The average Bonchev–Trinajstić information content (AvgIpc) is 2.75. The number of nitrogens with zero attached hydrogens (tertiary/aromatic N) is 2. The second-order valence-corrected chi connectivity index (χ2v) is 8.24. The summed E-state index contributed by atoms with van der Waals surface area (Å²) in [5.41, 5.74) is 6.93. The minimum atomic E-state index is -0.471. The summed E-state index contributed by atoms with van der Waals surface area (Å²) in [5.74, 6) is -0.140. The van der Waals surface area contributed by atoms with E-state index in [1.165, 1.54) is 0 Å². The van der Waals surface area contributed by atoms with Gasteiger partial charge in [0.15, 0.2) is 0 Å². The van der Waals surface area contributed by atoms with E-state index < -0.39 is 12.1 Å². The smallest absolute Gasteiger partial charge is 0.246 e. The quantitative estimate of drug-likeness (QED) is 0.845. The summed E-state index contributed by atoms with van der Waals surface area (Å²) in [6.07, 6.45) is 0. The van der Waals surface area contributed by atoms with Crippen LogP contribution in [0.3, 0.4) is 0 Å². The molecule has 0 bridgehead atoms. The van der Waals surface area contributed by atoms with Gasteiger partial charge < -0.3 is 15.5 Å². The maximum Gasteiger partial charge on any atom is 0.246 e. The van der Waals surface area contributed by atoms with Crippen molar-refractivity contribution in [1.29, 1.82) is 0 Å². The van der Waals surface area contributed by atoms with Crippen LogP contribution in [-0.4, -0.2) is 50.9 Å². The van der Waals surface area contributed by atoms with Gasteiger partial charge in [-0.1, -0.05) is 30.3 Å². The Morgan fingerprint density at radius 1 is 1.36 bits per heavy atom. The molecule has 0 saturated carbocycles. The Labute approximate surface area is 134 Å². The van der Waals surface area contributed by atoms with Crippen LogP contribution < -0.4 is 5.73 Å². The molecule has 2 amide bonds. The summed E-state index contributed by atoms with van der Waals surface area (Å²) in [6, 6.07) is 8.93. The molecular weight excluding hydrogens is 298 g/mol. The Bertz CT molecular complexity index is 605. The molecule has 22 heavy (non-hydrogen) atoms. The molecule has 5 nitrogen and oxygen atoms in total. The topological polar surface area (TPSA) is 66.6 Å². The number of benzene rings is 1. The zero-order valence-electron chi connectivity index (χ0n) is 13.0. The first-order chi connectivity index (χ1) is 10.3. The molecule has 2 unspecified atom stereocenters. The van der Waals surface area contributed by atoms with E-state index in [2.05, 4.69) is 0 Å². The van der Waals surface area contributed by atoms with Crippen LogP contribution in [0.15, 0.2) is 30.3 Å².